The minimum atomic E-state index is -1.04. The van der Waals surface area contributed by atoms with Crippen molar-refractivity contribution in [2.24, 2.45) is 5.73 Å². The van der Waals surface area contributed by atoms with Crippen molar-refractivity contribution >= 4 is 23.9 Å². The van der Waals surface area contributed by atoms with Crippen LogP contribution in [0.15, 0.2) is 35.3 Å². The number of hydrogen-bond donors (Lipinski definition) is 3. The van der Waals surface area contributed by atoms with Crippen molar-refractivity contribution in [3.05, 3.63) is 52.1 Å². The molecule has 0 radical (unpaired) electrons. The highest BCUT2D eigenvalue weighted by Gasteiger charge is 2.27. The summed E-state index contributed by atoms with van der Waals surface area (Å²) in [6, 6.07) is 7.20. The summed E-state index contributed by atoms with van der Waals surface area (Å²) in [6.45, 7) is 4.55. The molecule has 0 spiro atoms. The minimum Gasteiger partial charge on any atom is -0.368 e. The number of anilines is 1. The third-order valence-corrected chi connectivity index (χ3v) is 5.18. The molecule has 2 amide bonds. The molecule has 1 heterocycles. The van der Waals surface area contributed by atoms with Gasteiger partial charge in [0.05, 0.1) is 11.2 Å². The number of nitrogens with one attached hydrogen (secondary N) is 2. The maximum Gasteiger partial charge on any atom is 0.354 e. The van der Waals surface area contributed by atoms with Gasteiger partial charge in [0, 0.05) is 45.2 Å². The molecule has 170 valence electrons. The van der Waals surface area contributed by atoms with Crippen LogP contribution >= 0.6 is 0 Å². The maximum absolute atomic E-state index is 12.5. The van der Waals surface area contributed by atoms with Crippen LogP contribution in [0.3, 0.4) is 0 Å². The lowest BCUT2D eigenvalue weighted by atomic mass is 10.1. The molecule has 0 unspecified atom stereocenters. The second-order valence-electron chi connectivity index (χ2n) is 8.32. The monoisotopic (exact) mass is 440 g/mol. The van der Waals surface area contributed by atoms with E-state index in [1.165, 1.54) is 4.57 Å². The number of aromatic nitrogens is 2. The Bertz CT molecular complexity index is 1070. The Kier molecular flexibility index (Phi) is 7.04. The molecule has 0 fully saturated rings. The first-order valence-electron chi connectivity index (χ1n) is 10.4. The number of ketones is 1. The molecule has 0 saturated carbocycles. The van der Waals surface area contributed by atoms with Crippen LogP contribution in [-0.4, -0.2) is 64.3 Å². The van der Waals surface area contributed by atoms with Gasteiger partial charge >= 0.3 is 5.69 Å². The summed E-state index contributed by atoms with van der Waals surface area (Å²) in [5, 5.41) is 5.57. The van der Waals surface area contributed by atoms with Gasteiger partial charge in [-0.05, 0) is 43.2 Å². The number of rotatable bonds is 10. The first-order valence-corrected chi connectivity index (χ1v) is 10.4. The first kappa shape index (κ1) is 23.1. The Labute approximate surface area is 185 Å². The van der Waals surface area contributed by atoms with Gasteiger partial charge in [0.25, 0.3) is 0 Å². The highest BCUT2D eigenvalue weighted by atomic mass is 16.2. The lowest BCUT2D eigenvalue weighted by Gasteiger charge is -2.29. The van der Waals surface area contributed by atoms with Crippen molar-refractivity contribution in [2.75, 3.05) is 31.5 Å². The molecule has 0 saturated heterocycles. The Morgan fingerprint density at radius 2 is 1.91 bits per heavy atom. The van der Waals surface area contributed by atoms with E-state index in [1.807, 2.05) is 12.1 Å². The fraction of sp³-hybridized carbons (Fsp3) is 0.409. The van der Waals surface area contributed by atoms with Crippen LogP contribution in [0, 0.1) is 0 Å². The number of benzene rings is 1. The Morgan fingerprint density at radius 3 is 2.59 bits per heavy atom. The first-order chi connectivity index (χ1) is 15.2. The van der Waals surface area contributed by atoms with Crippen LogP contribution in [0.25, 0.3) is 5.69 Å². The van der Waals surface area contributed by atoms with Gasteiger partial charge in [-0.25, -0.2) is 4.79 Å². The van der Waals surface area contributed by atoms with Gasteiger partial charge in [-0.1, -0.05) is 6.07 Å². The zero-order valence-corrected chi connectivity index (χ0v) is 18.3. The third-order valence-electron chi connectivity index (χ3n) is 5.18. The third kappa shape index (κ3) is 5.58. The summed E-state index contributed by atoms with van der Waals surface area (Å²) in [6.07, 6.45) is 3.03. The van der Waals surface area contributed by atoms with Gasteiger partial charge in [0.1, 0.15) is 11.6 Å². The van der Waals surface area contributed by atoms with Gasteiger partial charge in [-0.15, -0.1) is 0 Å². The fourth-order valence-electron chi connectivity index (χ4n) is 3.58. The van der Waals surface area contributed by atoms with Gasteiger partial charge < -0.3 is 21.3 Å². The molecule has 0 bridgehead atoms. The minimum absolute atomic E-state index is 0.176. The predicted molar refractivity (Wildman–Crippen MR) is 120 cm³/mol. The highest BCUT2D eigenvalue weighted by molar-refractivity contribution is 5.88. The SMILES string of the molecule is CC(C)(N)C(=O)N(CCNC=O)CCNc1ccn(-c2ccc3c(c2)CC(=O)C3)c(=O)n1. The van der Waals surface area contributed by atoms with E-state index < -0.39 is 11.2 Å². The molecule has 32 heavy (non-hydrogen) atoms. The molecule has 10 heteroatoms. The molecule has 10 nitrogen and oxygen atoms in total. The van der Waals surface area contributed by atoms with E-state index >= 15 is 0 Å². The van der Waals surface area contributed by atoms with Crippen molar-refractivity contribution in [2.45, 2.75) is 32.2 Å². The summed E-state index contributed by atoms with van der Waals surface area (Å²) in [4.78, 5) is 52.8. The van der Waals surface area contributed by atoms with Crippen molar-refractivity contribution in [1.29, 1.82) is 0 Å². The van der Waals surface area contributed by atoms with Gasteiger partial charge in [-0.3, -0.25) is 19.0 Å². The number of fused-ring (bicyclic) bond motifs is 1. The van der Waals surface area contributed by atoms with Gasteiger partial charge in [0.2, 0.25) is 12.3 Å². The van der Waals surface area contributed by atoms with Crippen LogP contribution in [0.5, 0.6) is 0 Å². The van der Waals surface area contributed by atoms with E-state index in [4.69, 9.17) is 5.73 Å². The molecule has 0 atom stereocenters. The molecule has 1 aliphatic rings. The zero-order chi connectivity index (χ0) is 23.3. The summed E-state index contributed by atoms with van der Waals surface area (Å²) in [5.41, 5.74) is 7.03. The quantitative estimate of drug-likeness (QED) is 0.338. The average molecular weight is 441 g/mol. The van der Waals surface area contributed by atoms with Crippen molar-refractivity contribution in [1.82, 2.24) is 19.8 Å². The predicted octanol–water partition coefficient (Wildman–Crippen LogP) is -0.376. The molecule has 4 N–H and O–H groups in total. The maximum atomic E-state index is 12.5. The van der Waals surface area contributed by atoms with Crippen LogP contribution in [0.4, 0.5) is 5.82 Å². The Balaban J connectivity index is 1.64. The highest BCUT2D eigenvalue weighted by Crippen LogP contribution is 2.22. The van der Waals surface area contributed by atoms with Crippen LogP contribution < -0.4 is 22.1 Å². The van der Waals surface area contributed by atoms with Crippen molar-refractivity contribution in [3.8, 4) is 5.69 Å². The number of Topliss-reactive ketones (excluding diaryl/α,β-unsaturated/α-hetero) is 1. The topological polar surface area (TPSA) is 139 Å². The van der Waals surface area contributed by atoms with E-state index in [2.05, 4.69) is 15.6 Å². The molecule has 2 aromatic rings. The summed E-state index contributed by atoms with van der Waals surface area (Å²) in [5.74, 6) is 0.313. The van der Waals surface area contributed by atoms with E-state index in [0.29, 0.717) is 56.9 Å². The van der Waals surface area contributed by atoms with E-state index in [-0.39, 0.29) is 11.7 Å². The smallest absolute Gasteiger partial charge is 0.354 e. The molecular formula is C22H28N6O4. The number of nitrogens with zero attached hydrogens (tertiary/aromatic N) is 3. The molecule has 1 aromatic carbocycles. The molecule has 3 rings (SSSR count). The number of nitrogens with two attached hydrogens (primary N) is 1. The van der Waals surface area contributed by atoms with E-state index in [0.717, 1.165) is 11.1 Å². The number of amides is 2. The number of hydrogen-bond acceptors (Lipinski definition) is 7. The molecule has 1 aliphatic carbocycles. The lowest BCUT2D eigenvalue weighted by molar-refractivity contribution is -0.135. The van der Waals surface area contributed by atoms with Crippen LogP contribution in [-0.2, 0) is 27.2 Å². The summed E-state index contributed by atoms with van der Waals surface area (Å²) < 4.78 is 1.42. The zero-order valence-electron chi connectivity index (χ0n) is 18.3. The Hall–Kier alpha value is -3.53. The van der Waals surface area contributed by atoms with E-state index in [1.54, 1.807) is 37.1 Å². The van der Waals surface area contributed by atoms with Crippen LogP contribution in [0.1, 0.15) is 25.0 Å². The largest absolute Gasteiger partial charge is 0.368 e. The number of carbonyl (C=O) groups excluding carboxylic acids is 3. The number of carbonyl (C=O) groups is 3. The average Bonchev–Trinajstić information content (AvgIpc) is 3.11. The molecular weight excluding hydrogens is 412 g/mol. The summed E-state index contributed by atoms with van der Waals surface area (Å²) >= 11 is 0. The lowest BCUT2D eigenvalue weighted by Crippen LogP contribution is -2.53. The fourth-order valence-corrected chi connectivity index (χ4v) is 3.58. The second-order valence-corrected chi connectivity index (χ2v) is 8.32. The molecule has 0 aliphatic heterocycles. The van der Waals surface area contributed by atoms with Gasteiger partial charge in [-0.2, -0.15) is 4.98 Å². The van der Waals surface area contributed by atoms with Gasteiger partial charge in [0.15, 0.2) is 0 Å². The van der Waals surface area contributed by atoms with Crippen LogP contribution in [0.2, 0.25) is 0 Å². The summed E-state index contributed by atoms with van der Waals surface area (Å²) in [7, 11) is 0. The Morgan fingerprint density at radius 1 is 1.19 bits per heavy atom. The second kappa shape index (κ2) is 9.73. The molecule has 1 aromatic heterocycles. The van der Waals surface area contributed by atoms with Crippen molar-refractivity contribution in [3.63, 3.8) is 0 Å². The van der Waals surface area contributed by atoms with E-state index in [9.17, 15) is 19.2 Å². The normalized spacial score (nSPS) is 12.9. The standard InChI is InChI=1S/C22H28N6O4/c1-22(2,23)20(31)27(9-6-24-14-29)10-7-25-19-5-8-28(21(32)26-19)17-4-3-15-12-18(30)13-16(15)11-17/h3-5,8,11,14H,6-7,9-10,12-13,23H2,1-2H3,(H,24,29)(H,25,26,32). The van der Waals surface area contributed by atoms with Crippen molar-refractivity contribution < 1.29 is 14.4 Å².